The van der Waals surface area contributed by atoms with Crippen molar-refractivity contribution in [2.75, 3.05) is 6.61 Å². The number of hydrogen-bond acceptors (Lipinski definition) is 4. The molecule has 0 unspecified atom stereocenters. The maximum atomic E-state index is 12.7. The number of nitrogens with one attached hydrogen (secondary N) is 1. The normalized spacial score (nSPS) is 22.3. The second-order valence-corrected chi connectivity index (χ2v) is 6.17. The summed E-state index contributed by atoms with van der Waals surface area (Å²) in [5.74, 6) is 1.53. The van der Waals surface area contributed by atoms with Crippen LogP contribution < -0.4 is 5.32 Å². The van der Waals surface area contributed by atoms with Gasteiger partial charge < -0.3 is 14.5 Å². The fourth-order valence-electron chi connectivity index (χ4n) is 3.29. The molecule has 3 rings (SSSR count). The molecule has 124 valence electrons. The molecule has 2 aromatic rings. The maximum Gasteiger partial charge on any atom is 0.226 e. The molecule has 1 aliphatic rings. The van der Waals surface area contributed by atoms with E-state index in [4.69, 9.17) is 9.15 Å². The monoisotopic (exact) mass is 317 g/mol. The molecule has 0 bridgehead atoms. The van der Waals surface area contributed by atoms with Gasteiger partial charge in [0.15, 0.2) is 0 Å². The average molecular weight is 317 g/mol. The van der Waals surface area contributed by atoms with E-state index in [2.05, 4.69) is 10.4 Å². The third kappa shape index (κ3) is 3.03. The Kier molecular flexibility index (Phi) is 4.26. The molecule has 1 N–H and O–H groups in total. The molecule has 1 amide bonds. The van der Waals surface area contributed by atoms with Gasteiger partial charge in [0.1, 0.15) is 17.6 Å². The van der Waals surface area contributed by atoms with E-state index in [-0.39, 0.29) is 24.0 Å². The minimum absolute atomic E-state index is 0.0134. The quantitative estimate of drug-likeness (QED) is 0.941. The highest BCUT2D eigenvalue weighted by molar-refractivity contribution is 5.80. The third-order valence-electron chi connectivity index (χ3n) is 4.48. The molecule has 1 fully saturated rings. The third-order valence-corrected chi connectivity index (χ3v) is 4.48. The number of amides is 1. The van der Waals surface area contributed by atoms with Gasteiger partial charge in [0.05, 0.1) is 17.7 Å². The number of nitrogens with zero attached hydrogens (tertiary/aromatic N) is 2. The standard InChI is InChI=1S/C17H23N3O3/c1-10-9-14(12(3)23-10)11(2)19-17(21)13-6-8-22-16(13)15-5-7-18-20(15)4/h5,7,9,11,13,16H,6,8H2,1-4H3,(H,19,21)/t11-,13-,16-/m1/s1. The predicted molar refractivity (Wildman–Crippen MR) is 84.7 cm³/mol. The first-order valence-electron chi connectivity index (χ1n) is 7.94. The topological polar surface area (TPSA) is 69.3 Å². The maximum absolute atomic E-state index is 12.7. The summed E-state index contributed by atoms with van der Waals surface area (Å²) in [6, 6.07) is 3.79. The van der Waals surface area contributed by atoms with Gasteiger partial charge in [-0.25, -0.2) is 0 Å². The summed E-state index contributed by atoms with van der Waals surface area (Å²) in [5, 5.41) is 7.27. The van der Waals surface area contributed by atoms with Crippen molar-refractivity contribution in [1.82, 2.24) is 15.1 Å². The Morgan fingerprint density at radius 3 is 2.87 bits per heavy atom. The van der Waals surface area contributed by atoms with Crippen LogP contribution in [0.15, 0.2) is 22.7 Å². The second-order valence-electron chi connectivity index (χ2n) is 6.17. The van der Waals surface area contributed by atoms with Gasteiger partial charge in [-0.15, -0.1) is 0 Å². The lowest BCUT2D eigenvalue weighted by molar-refractivity contribution is -0.127. The van der Waals surface area contributed by atoms with Gasteiger partial charge in [-0.05, 0) is 39.3 Å². The van der Waals surface area contributed by atoms with Crippen LogP contribution >= 0.6 is 0 Å². The molecule has 2 aromatic heterocycles. The molecule has 1 saturated heterocycles. The summed E-state index contributed by atoms with van der Waals surface area (Å²) >= 11 is 0. The molecule has 0 aromatic carbocycles. The van der Waals surface area contributed by atoms with Crippen molar-refractivity contribution in [3.63, 3.8) is 0 Å². The molecule has 6 heteroatoms. The molecular weight excluding hydrogens is 294 g/mol. The first-order valence-corrected chi connectivity index (χ1v) is 7.94. The molecule has 0 spiro atoms. The van der Waals surface area contributed by atoms with Crippen LogP contribution in [0.5, 0.6) is 0 Å². The van der Waals surface area contributed by atoms with Crippen LogP contribution in [-0.2, 0) is 16.6 Å². The van der Waals surface area contributed by atoms with Gasteiger partial charge in [0.25, 0.3) is 0 Å². The van der Waals surface area contributed by atoms with E-state index in [1.54, 1.807) is 10.9 Å². The highest BCUT2D eigenvalue weighted by Gasteiger charge is 2.37. The zero-order valence-corrected chi connectivity index (χ0v) is 14.0. The highest BCUT2D eigenvalue weighted by atomic mass is 16.5. The van der Waals surface area contributed by atoms with Crippen LogP contribution in [-0.4, -0.2) is 22.3 Å². The van der Waals surface area contributed by atoms with Crippen molar-refractivity contribution in [3.05, 3.63) is 41.1 Å². The van der Waals surface area contributed by atoms with E-state index < -0.39 is 0 Å². The van der Waals surface area contributed by atoms with E-state index in [1.165, 1.54) is 0 Å². The summed E-state index contributed by atoms with van der Waals surface area (Å²) in [7, 11) is 1.87. The van der Waals surface area contributed by atoms with Gasteiger partial charge in [-0.1, -0.05) is 0 Å². The first-order chi connectivity index (χ1) is 11.0. The minimum atomic E-state index is -0.234. The van der Waals surface area contributed by atoms with E-state index in [0.717, 1.165) is 29.2 Å². The number of aromatic nitrogens is 2. The minimum Gasteiger partial charge on any atom is -0.466 e. The van der Waals surface area contributed by atoms with Gasteiger partial charge >= 0.3 is 0 Å². The van der Waals surface area contributed by atoms with Crippen LogP contribution in [0.1, 0.15) is 48.3 Å². The Morgan fingerprint density at radius 2 is 2.26 bits per heavy atom. The van der Waals surface area contributed by atoms with E-state index in [0.29, 0.717) is 6.61 Å². The molecule has 6 nitrogen and oxygen atoms in total. The molecule has 0 saturated carbocycles. The fourth-order valence-corrected chi connectivity index (χ4v) is 3.29. The molecular formula is C17H23N3O3. The Bertz CT molecular complexity index is 704. The lowest BCUT2D eigenvalue weighted by Gasteiger charge is -2.21. The van der Waals surface area contributed by atoms with Gasteiger partial charge in [-0.3, -0.25) is 9.48 Å². The van der Waals surface area contributed by atoms with Crippen molar-refractivity contribution in [3.8, 4) is 0 Å². The van der Waals surface area contributed by atoms with E-state index >= 15 is 0 Å². The molecule has 0 aliphatic carbocycles. The Balaban J connectivity index is 1.72. The first kappa shape index (κ1) is 15.8. The smallest absolute Gasteiger partial charge is 0.226 e. The van der Waals surface area contributed by atoms with Crippen LogP contribution in [0.2, 0.25) is 0 Å². The summed E-state index contributed by atoms with van der Waals surface area (Å²) in [6.07, 6.45) is 2.21. The SMILES string of the molecule is Cc1cc([C@@H](C)NC(=O)[C@@H]2CCO[C@H]2c2ccnn2C)c(C)o1. The van der Waals surface area contributed by atoms with Crippen molar-refractivity contribution < 1.29 is 13.9 Å². The molecule has 1 aliphatic heterocycles. The van der Waals surface area contributed by atoms with Gasteiger partial charge in [0.2, 0.25) is 5.91 Å². The average Bonchev–Trinajstić information content (AvgIpc) is 3.18. The zero-order valence-electron chi connectivity index (χ0n) is 14.0. The van der Waals surface area contributed by atoms with Crippen LogP contribution in [0.3, 0.4) is 0 Å². The summed E-state index contributed by atoms with van der Waals surface area (Å²) in [5.41, 5.74) is 1.96. The second kappa shape index (κ2) is 6.20. The molecule has 3 atom stereocenters. The fraction of sp³-hybridized carbons (Fsp3) is 0.529. The molecule has 3 heterocycles. The van der Waals surface area contributed by atoms with Gasteiger partial charge in [-0.2, -0.15) is 5.10 Å². The lowest BCUT2D eigenvalue weighted by atomic mass is 9.97. The number of hydrogen-bond donors (Lipinski definition) is 1. The number of rotatable bonds is 4. The highest BCUT2D eigenvalue weighted by Crippen LogP contribution is 2.35. The lowest BCUT2D eigenvalue weighted by Crippen LogP contribution is -2.34. The van der Waals surface area contributed by atoms with Crippen LogP contribution in [0.25, 0.3) is 0 Å². The molecule has 23 heavy (non-hydrogen) atoms. The molecule has 0 radical (unpaired) electrons. The number of carbonyl (C=O) groups excluding carboxylic acids is 1. The zero-order chi connectivity index (χ0) is 16.6. The Hall–Kier alpha value is -2.08. The van der Waals surface area contributed by atoms with Crippen molar-refractivity contribution in [1.29, 1.82) is 0 Å². The van der Waals surface area contributed by atoms with Crippen molar-refractivity contribution in [2.45, 2.75) is 39.3 Å². The van der Waals surface area contributed by atoms with E-state index in [1.807, 2.05) is 40.0 Å². The summed E-state index contributed by atoms with van der Waals surface area (Å²) < 4.78 is 13.1. The van der Waals surface area contributed by atoms with Crippen molar-refractivity contribution >= 4 is 5.91 Å². The Morgan fingerprint density at radius 1 is 1.48 bits per heavy atom. The largest absolute Gasteiger partial charge is 0.466 e. The van der Waals surface area contributed by atoms with Gasteiger partial charge in [0, 0.05) is 25.4 Å². The number of ether oxygens (including phenoxy) is 1. The predicted octanol–water partition coefficient (Wildman–Crippen LogP) is 2.58. The van der Waals surface area contributed by atoms with Crippen LogP contribution in [0.4, 0.5) is 0 Å². The summed E-state index contributed by atoms with van der Waals surface area (Å²) in [4.78, 5) is 12.7. The summed E-state index contributed by atoms with van der Waals surface area (Å²) in [6.45, 7) is 6.40. The number of carbonyl (C=O) groups is 1. The number of aryl methyl sites for hydroxylation is 3. The van der Waals surface area contributed by atoms with Crippen LogP contribution in [0, 0.1) is 19.8 Å². The van der Waals surface area contributed by atoms with E-state index in [9.17, 15) is 4.79 Å². The Labute approximate surface area is 135 Å². The number of furan rings is 1. The van der Waals surface area contributed by atoms with Crippen molar-refractivity contribution in [2.24, 2.45) is 13.0 Å².